The zero-order valence-corrected chi connectivity index (χ0v) is 15.1. The molecule has 0 aromatic heterocycles. The van der Waals surface area contributed by atoms with E-state index in [4.69, 9.17) is 23.7 Å². The zero-order chi connectivity index (χ0) is 18.4. The second-order valence-electron chi connectivity index (χ2n) is 5.33. The average Bonchev–Trinajstić information content (AvgIpc) is 2.64. The molecule has 0 aliphatic rings. The highest BCUT2D eigenvalue weighted by atomic mass is 16.7. The summed E-state index contributed by atoms with van der Waals surface area (Å²) in [6.45, 7) is 1.55. The topological polar surface area (TPSA) is 66.4 Å². The van der Waals surface area contributed by atoms with Crippen molar-refractivity contribution >= 4 is 0 Å². The summed E-state index contributed by atoms with van der Waals surface area (Å²) in [7, 11) is 6.30. The van der Waals surface area contributed by atoms with Crippen LogP contribution in [0.15, 0.2) is 42.5 Å². The van der Waals surface area contributed by atoms with E-state index in [1.165, 1.54) is 0 Å². The molecule has 1 N–H and O–H groups in total. The van der Waals surface area contributed by atoms with Gasteiger partial charge < -0.3 is 28.8 Å². The van der Waals surface area contributed by atoms with Gasteiger partial charge >= 0.3 is 0 Å². The Morgan fingerprint density at radius 2 is 1.44 bits per heavy atom. The minimum atomic E-state index is -1.17. The first kappa shape index (κ1) is 19.1. The Hall–Kier alpha value is -2.28. The number of methoxy groups -OCH3 is 4. The van der Waals surface area contributed by atoms with Gasteiger partial charge in [0.25, 0.3) is 0 Å². The molecule has 1 atom stereocenters. The van der Waals surface area contributed by atoms with Crippen molar-refractivity contribution in [3.8, 4) is 17.2 Å². The van der Waals surface area contributed by atoms with Crippen LogP contribution < -0.4 is 14.2 Å². The van der Waals surface area contributed by atoms with Gasteiger partial charge in [-0.05, 0) is 43.3 Å². The maximum Gasteiger partial charge on any atom is 0.225 e. The van der Waals surface area contributed by atoms with Gasteiger partial charge in [-0.2, -0.15) is 0 Å². The summed E-state index contributed by atoms with van der Waals surface area (Å²) >= 11 is 0. The molecule has 0 spiro atoms. The molecule has 6 nitrogen and oxygen atoms in total. The Morgan fingerprint density at radius 3 is 1.92 bits per heavy atom. The number of hydrogen-bond donors (Lipinski definition) is 1. The lowest BCUT2D eigenvalue weighted by molar-refractivity contribution is -0.184. The van der Waals surface area contributed by atoms with Gasteiger partial charge in [0.05, 0.1) is 19.8 Å². The fourth-order valence-electron chi connectivity index (χ4n) is 2.71. The van der Waals surface area contributed by atoms with Gasteiger partial charge in [-0.15, -0.1) is 0 Å². The van der Waals surface area contributed by atoms with E-state index in [0.29, 0.717) is 22.8 Å². The van der Waals surface area contributed by atoms with Gasteiger partial charge in [0.2, 0.25) is 5.79 Å². The Bertz CT molecular complexity index is 677. The quantitative estimate of drug-likeness (QED) is 0.740. The molecule has 6 heteroatoms. The smallest absolute Gasteiger partial charge is 0.225 e. The summed E-state index contributed by atoms with van der Waals surface area (Å²) in [6.07, 6.45) is -0.887. The summed E-state index contributed by atoms with van der Waals surface area (Å²) in [6, 6.07) is 12.5. The highest BCUT2D eigenvalue weighted by Gasteiger charge is 2.37. The second-order valence-corrected chi connectivity index (χ2v) is 5.33. The third-order valence-corrected chi connectivity index (χ3v) is 3.88. The van der Waals surface area contributed by atoms with E-state index in [0.717, 1.165) is 5.56 Å². The lowest BCUT2D eigenvalue weighted by Crippen LogP contribution is -2.32. The molecule has 0 aliphatic heterocycles. The molecule has 136 valence electrons. The first-order chi connectivity index (χ1) is 12.0. The fourth-order valence-corrected chi connectivity index (χ4v) is 2.71. The van der Waals surface area contributed by atoms with Crippen LogP contribution in [0.5, 0.6) is 17.2 Å². The summed E-state index contributed by atoms with van der Waals surface area (Å²) in [5.74, 6) is 0.623. The van der Waals surface area contributed by atoms with E-state index in [9.17, 15) is 5.11 Å². The van der Waals surface area contributed by atoms with Crippen LogP contribution in [0.2, 0.25) is 0 Å². The fraction of sp³-hybridized carbons (Fsp3) is 0.368. The zero-order valence-electron chi connectivity index (χ0n) is 15.1. The van der Waals surface area contributed by atoms with Crippen molar-refractivity contribution in [3.63, 3.8) is 0 Å². The number of aliphatic hydroxyl groups is 1. The van der Waals surface area contributed by atoms with Crippen LogP contribution >= 0.6 is 0 Å². The van der Waals surface area contributed by atoms with Crippen LogP contribution in [0, 0.1) is 0 Å². The number of rotatable bonds is 8. The van der Waals surface area contributed by atoms with Crippen molar-refractivity contribution < 1.29 is 28.8 Å². The first-order valence-corrected chi connectivity index (χ1v) is 7.78. The number of ether oxygens (including phenoxy) is 5. The van der Waals surface area contributed by atoms with Crippen molar-refractivity contribution in [1.29, 1.82) is 0 Å². The molecule has 2 aromatic rings. The van der Waals surface area contributed by atoms with Crippen LogP contribution in [0.1, 0.15) is 18.1 Å². The van der Waals surface area contributed by atoms with Crippen molar-refractivity contribution in [2.45, 2.75) is 19.0 Å². The molecule has 2 rings (SSSR count). The highest BCUT2D eigenvalue weighted by Crippen LogP contribution is 2.41. The molecule has 25 heavy (non-hydrogen) atoms. The van der Waals surface area contributed by atoms with Crippen LogP contribution in [0.25, 0.3) is 0 Å². The third kappa shape index (κ3) is 3.87. The maximum atomic E-state index is 9.32. The lowest BCUT2D eigenvalue weighted by atomic mass is 9.95. The predicted octanol–water partition coefficient (Wildman–Crippen LogP) is 2.91. The normalized spacial score (nSPS) is 12.6. The van der Waals surface area contributed by atoms with Gasteiger partial charge in [-0.1, -0.05) is 0 Å². The van der Waals surface area contributed by atoms with Gasteiger partial charge in [0.15, 0.2) is 6.29 Å². The minimum absolute atomic E-state index is 0.543. The Balaban J connectivity index is 2.51. The Kier molecular flexibility index (Phi) is 6.25. The molecule has 0 aliphatic carbocycles. The molecule has 0 bridgehead atoms. The van der Waals surface area contributed by atoms with Gasteiger partial charge in [0.1, 0.15) is 17.2 Å². The van der Waals surface area contributed by atoms with Crippen molar-refractivity contribution in [3.05, 3.63) is 53.6 Å². The maximum absolute atomic E-state index is 9.32. The standard InChI is InChI=1S/C19H24O6/c1-13(20)25-15-8-6-14(7-9-15)19(23-4,24-5)17-11-10-16(21-2)12-18(17)22-3/h6-13,20H,1-5H3. The van der Waals surface area contributed by atoms with E-state index in [1.54, 1.807) is 53.6 Å². The van der Waals surface area contributed by atoms with Crippen molar-refractivity contribution in [1.82, 2.24) is 0 Å². The van der Waals surface area contributed by atoms with E-state index in [2.05, 4.69) is 0 Å². The van der Waals surface area contributed by atoms with Gasteiger partial charge in [-0.3, -0.25) is 0 Å². The Morgan fingerprint density at radius 1 is 0.840 bits per heavy atom. The molecule has 0 saturated heterocycles. The number of hydrogen-bond acceptors (Lipinski definition) is 6. The first-order valence-electron chi connectivity index (χ1n) is 7.78. The van der Waals surface area contributed by atoms with E-state index >= 15 is 0 Å². The molecule has 0 saturated carbocycles. The molecule has 0 radical (unpaired) electrons. The van der Waals surface area contributed by atoms with Gasteiger partial charge in [0, 0.05) is 25.8 Å². The van der Waals surface area contributed by atoms with Crippen LogP contribution in [-0.4, -0.2) is 39.8 Å². The number of benzene rings is 2. The van der Waals surface area contributed by atoms with E-state index in [1.807, 2.05) is 24.3 Å². The predicted molar refractivity (Wildman–Crippen MR) is 93.1 cm³/mol. The van der Waals surface area contributed by atoms with Crippen molar-refractivity contribution in [2.24, 2.45) is 0 Å². The third-order valence-electron chi connectivity index (χ3n) is 3.88. The Labute approximate surface area is 147 Å². The molecule has 0 amide bonds. The highest BCUT2D eigenvalue weighted by molar-refractivity contribution is 5.48. The summed E-state index contributed by atoms with van der Waals surface area (Å²) in [4.78, 5) is 0. The molecule has 1 unspecified atom stereocenters. The van der Waals surface area contributed by atoms with Crippen LogP contribution in [-0.2, 0) is 15.3 Å². The SMILES string of the molecule is COc1ccc(C(OC)(OC)c2ccc(OC(C)O)cc2)c(OC)c1. The minimum Gasteiger partial charge on any atom is -0.497 e. The summed E-state index contributed by atoms with van der Waals surface area (Å²) < 4.78 is 27.5. The summed E-state index contributed by atoms with van der Waals surface area (Å²) in [5.41, 5.74) is 1.45. The average molecular weight is 348 g/mol. The van der Waals surface area contributed by atoms with Crippen LogP contribution in [0.3, 0.4) is 0 Å². The van der Waals surface area contributed by atoms with Crippen molar-refractivity contribution in [2.75, 3.05) is 28.4 Å². The van der Waals surface area contributed by atoms with Gasteiger partial charge in [-0.25, -0.2) is 0 Å². The largest absolute Gasteiger partial charge is 0.497 e. The second kappa shape index (κ2) is 8.20. The molecule has 0 fully saturated rings. The summed E-state index contributed by atoms with van der Waals surface area (Å²) in [5, 5.41) is 9.32. The molecular formula is C19H24O6. The van der Waals surface area contributed by atoms with E-state index < -0.39 is 12.1 Å². The molecule has 0 heterocycles. The monoisotopic (exact) mass is 348 g/mol. The molecular weight excluding hydrogens is 324 g/mol. The molecule has 2 aromatic carbocycles. The number of aliphatic hydroxyl groups excluding tert-OH is 1. The van der Waals surface area contributed by atoms with Crippen LogP contribution in [0.4, 0.5) is 0 Å². The van der Waals surface area contributed by atoms with E-state index in [-0.39, 0.29) is 0 Å². The lowest BCUT2D eigenvalue weighted by Gasteiger charge is -2.33.